The zero-order valence-electron chi connectivity index (χ0n) is 12.5. The molecule has 0 atom stereocenters. The molecular formula is C16H23FN2O2. The van der Waals surface area contributed by atoms with Crippen LogP contribution in [0.5, 0.6) is 5.75 Å². The summed E-state index contributed by atoms with van der Waals surface area (Å²) in [5.41, 5.74) is 0.838. The number of halogens is 1. The van der Waals surface area contributed by atoms with Crippen LogP contribution in [0.4, 0.5) is 4.39 Å². The third kappa shape index (κ3) is 4.70. The van der Waals surface area contributed by atoms with Gasteiger partial charge in [-0.05, 0) is 43.5 Å². The van der Waals surface area contributed by atoms with Gasteiger partial charge >= 0.3 is 0 Å². The van der Waals surface area contributed by atoms with Crippen LogP contribution in [0.15, 0.2) is 18.2 Å². The maximum Gasteiger partial charge on any atom is 0.222 e. The number of carbonyl (C=O) groups excluding carboxylic acids is 1. The summed E-state index contributed by atoms with van der Waals surface area (Å²) < 4.78 is 18.8. The molecule has 1 fully saturated rings. The molecular weight excluding hydrogens is 271 g/mol. The summed E-state index contributed by atoms with van der Waals surface area (Å²) in [6.07, 6.45) is 1.87. The van der Waals surface area contributed by atoms with E-state index in [0.717, 1.165) is 31.7 Å². The van der Waals surface area contributed by atoms with Crippen molar-refractivity contribution in [3.05, 3.63) is 29.6 Å². The van der Waals surface area contributed by atoms with Crippen LogP contribution < -0.4 is 10.1 Å². The average Bonchev–Trinajstić information content (AvgIpc) is 2.51. The molecule has 0 saturated carbocycles. The van der Waals surface area contributed by atoms with E-state index in [9.17, 15) is 9.18 Å². The van der Waals surface area contributed by atoms with Crippen LogP contribution in [0.2, 0.25) is 0 Å². The second kappa shape index (κ2) is 7.98. The first-order valence-corrected chi connectivity index (χ1v) is 7.60. The summed E-state index contributed by atoms with van der Waals surface area (Å²) in [5.74, 6) is 0.640. The van der Waals surface area contributed by atoms with Crippen molar-refractivity contribution < 1.29 is 13.9 Å². The quantitative estimate of drug-likeness (QED) is 0.872. The van der Waals surface area contributed by atoms with Gasteiger partial charge in [0.25, 0.3) is 0 Å². The fraction of sp³-hybridized carbons (Fsp3) is 0.562. The summed E-state index contributed by atoms with van der Waals surface area (Å²) in [5, 5.41) is 3.23. The topological polar surface area (TPSA) is 41.6 Å². The van der Waals surface area contributed by atoms with Crippen molar-refractivity contribution in [1.82, 2.24) is 10.2 Å². The fourth-order valence-corrected chi connectivity index (χ4v) is 2.54. The number of aryl methyl sites for hydroxylation is 1. The Hall–Kier alpha value is -1.62. The highest BCUT2D eigenvalue weighted by molar-refractivity contribution is 5.76. The molecule has 1 N–H and O–H groups in total. The molecule has 0 aromatic heterocycles. The van der Waals surface area contributed by atoms with E-state index < -0.39 is 0 Å². The average molecular weight is 294 g/mol. The van der Waals surface area contributed by atoms with Gasteiger partial charge in [-0.25, -0.2) is 4.39 Å². The second-order valence-corrected chi connectivity index (χ2v) is 5.17. The molecule has 116 valence electrons. The van der Waals surface area contributed by atoms with Crippen LogP contribution in [-0.4, -0.2) is 43.6 Å². The van der Waals surface area contributed by atoms with Crippen molar-refractivity contribution in [3.8, 4) is 5.75 Å². The standard InChI is InChI=1S/C16H23FN2O2/c1-2-21-15-7-6-14(17)12-13(15)4-3-5-16(20)19-10-8-18-9-11-19/h6-7,12,18H,2-5,8-11H2,1H3. The number of rotatable bonds is 6. The molecule has 0 spiro atoms. The van der Waals surface area contributed by atoms with Gasteiger partial charge in [-0.1, -0.05) is 0 Å². The molecule has 0 unspecified atom stereocenters. The number of carbonyl (C=O) groups is 1. The first-order chi connectivity index (χ1) is 10.2. The van der Waals surface area contributed by atoms with E-state index in [1.54, 1.807) is 6.07 Å². The Morgan fingerprint density at radius 2 is 2.14 bits per heavy atom. The lowest BCUT2D eigenvalue weighted by Gasteiger charge is -2.27. The number of piperazine rings is 1. The lowest BCUT2D eigenvalue weighted by Crippen LogP contribution is -2.46. The van der Waals surface area contributed by atoms with Gasteiger partial charge in [0.2, 0.25) is 5.91 Å². The highest BCUT2D eigenvalue weighted by atomic mass is 19.1. The van der Waals surface area contributed by atoms with Crippen molar-refractivity contribution >= 4 is 5.91 Å². The lowest BCUT2D eigenvalue weighted by molar-refractivity contribution is -0.131. The first kappa shape index (κ1) is 15.8. The highest BCUT2D eigenvalue weighted by Gasteiger charge is 2.15. The second-order valence-electron chi connectivity index (χ2n) is 5.17. The minimum atomic E-state index is -0.262. The molecule has 1 amide bonds. The number of hydrogen-bond acceptors (Lipinski definition) is 3. The summed E-state index contributed by atoms with van der Waals surface area (Å²) in [6.45, 7) is 5.75. The van der Waals surface area contributed by atoms with Crippen molar-refractivity contribution in [3.63, 3.8) is 0 Å². The number of nitrogens with one attached hydrogen (secondary N) is 1. The smallest absolute Gasteiger partial charge is 0.222 e. The number of benzene rings is 1. The van der Waals surface area contributed by atoms with Crippen LogP contribution in [0.1, 0.15) is 25.3 Å². The largest absolute Gasteiger partial charge is 0.494 e. The first-order valence-electron chi connectivity index (χ1n) is 7.60. The van der Waals surface area contributed by atoms with Gasteiger partial charge in [-0.15, -0.1) is 0 Å². The Balaban J connectivity index is 1.84. The van der Waals surface area contributed by atoms with Crippen LogP contribution in [0.3, 0.4) is 0 Å². The minimum absolute atomic E-state index is 0.186. The van der Waals surface area contributed by atoms with Crippen molar-refractivity contribution in [2.75, 3.05) is 32.8 Å². The van der Waals surface area contributed by atoms with Gasteiger partial charge in [-0.3, -0.25) is 4.79 Å². The third-order valence-electron chi connectivity index (χ3n) is 3.63. The van der Waals surface area contributed by atoms with E-state index in [2.05, 4.69) is 5.32 Å². The summed E-state index contributed by atoms with van der Waals surface area (Å²) >= 11 is 0. The van der Waals surface area contributed by atoms with E-state index in [4.69, 9.17) is 4.74 Å². The molecule has 1 aromatic carbocycles. The molecule has 21 heavy (non-hydrogen) atoms. The molecule has 0 aliphatic carbocycles. The van der Waals surface area contributed by atoms with E-state index in [1.807, 2.05) is 11.8 Å². The number of hydrogen-bond donors (Lipinski definition) is 1. The molecule has 0 bridgehead atoms. The molecule has 1 aromatic rings. The molecule has 5 heteroatoms. The van der Waals surface area contributed by atoms with E-state index in [0.29, 0.717) is 31.6 Å². The predicted octanol–water partition coefficient (Wildman–Crippen LogP) is 1.98. The SMILES string of the molecule is CCOc1ccc(F)cc1CCCC(=O)N1CCNCC1. The van der Waals surface area contributed by atoms with E-state index in [1.165, 1.54) is 12.1 Å². The van der Waals surface area contributed by atoms with Gasteiger partial charge < -0.3 is 15.0 Å². The zero-order chi connectivity index (χ0) is 15.1. The van der Waals surface area contributed by atoms with Gasteiger partial charge in [0.15, 0.2) is 0 Å². The number of nitrogens with zero attached hydrogens (tertiary/aromatic N) is 1. The molecule has 4 nitrogen and oxygen atoms in total. The van der Waals surface area contributed by atoms with Crippen molar-refractivity contribution in [2.45, 2.75) is 26.2 Å². The van der Waals surface area contributed by atoms with Gasteiger partial charge in [0, 0.05) is 32.6 Å². The lowest BCUT2D eigenvalue weighted by atomic mass is 10.1. The maximum atomic E-state index is 13.3. The van der Waals surface area contributed by atoms with Crippen LogP contribution in [-0.2, 0) is 11.2 Å². The molecule has 0 radical (unpaired) electrons. The Morgan fingerprint density at radius 3 is 2.86 bits per heavy atom. The molecule has 2 rings (SSSR count). The van der Waals surface area contributed by atoms with Gasteiger partial charge in [0.1, 0.15) is 11.6 Å². The molecule has 1 saturated heterocycles. The van der Waals surface area contributed by atoms with Crippen molar-refractivity contribution in [1.29, 1.82) is 0 Å². The zero-order valence-corrected chi connectivity index (χ0v) is 12.5. The normalized spacial score (nSPS) is 15.0. The number of amides is 1. The van der Waals surface area contributed by atoms with Crippen LogP contribution >= 0.6 is 0 Å². The highest BCUT2D eigenvalue weighted by Crippen LogP contribution is 2.22. The monoisotopic (exact) mass is 294 g/mol. The Bertz CT molecular complexity index is 473. The molecule has 1 aliphatic rings. The minimum Gasteiger partial charge on any atom is -0.494 e. The number of ether oxygens (including phenoxy) is 1. The van der Waals surface area contributed by atoms with Gasteiger partial charge in [-0.2, -0.15) is 0 Å². The van der Waals surface area contributed by atoms with Crippen LogP contribution in [0, 0.1) is 5.82 Å². The van der Waals surface area contributed by atoms with E-state index >= 15 is 0 Å². The Labute approximate surface area is 125 Å². The molecule has 1 aliphatic heterocycles. The molecule has 1 heterocycles. The third-order valence-corrected chi connectivity index (χ3v) is 3.63. The van der Waals surface area contributed by atoms with Crippen LogP contribution in [0.25, 0.3) is 0 Å². The summed E-state index contributed by atoms with van der Waals surface area (Å²) in [4.78, 5) is 14.0. The maximum absolute atomic E-state index is 13.3. The predicted molar refractivity (Wildman–Crippen MR) is 80.0 cm³/mol. The van der Waals surface area contributed by atoms with E-state index in [-0.39, 0.29) is 11.7 Å². The Morgan fingerprint density at radius 1 is 1.38 bits per heavy atom. The van der Waals surface area contributed by atoms with Crippen molar-refractivity contribution in [2.24, 2.45) is 0 Å². The fourth-order valence-electron chi connectivity index (χ4n) is 2.54. The Kier molecular flexibility index (Phi) is 5.99. The summed E-state index contributed by atoms with van der Waals surface area (Å²) in [7, 11) is 0. The van der Waals surface area contributed by atoms with Gasteiger partial charge in [0.05, 0.1) is 6.61 Å². The summed E-state index contributed by atoms with van der Waals surface area (Å²) in [6, 6.07) is 4.56.